The van der Waals surface area contributed by atoms with Gasteiger partial charge in [-0.1, -0.05) is 36.4 Å². The third kappa shape index (κ3) is 3.81. The van der Waals surface area contributed by atoms with Crippen LogP contribution in [0.3, 0.4) is 0 Å². The van der Waals surface area contributed by atoms with Crippen LogP contribution in [-0.4, -0.2) is 36.1 Å². The Morgan fingerprint density at radius 3 is 2.60 bits per heavy atom. The second-order valence-electron chi connectivity index (χ2n) is 6.31. The van der Waals surface area contributed by atoms with Crippen LogP contribution in [0.4, 0.5) is 5.69 Å². The SMILES string of the molecule is CC1CN(C(=O)/C(C#N)=C\Nc2cccc3ccccc23)CC(C)O1. The normalized spacial score (nSPS) is 21.0. The van der Waals surface area contributed by atoms with E-state index in [1.807, 2.05) is 62.4 Å². The number of anilines is 1. The first-order valence-corrected chi connectivity index (χ1v) is 8.38. The average molecular weight is 335 g/mol. The van der Waals surface area contributed by atoms with E-state index in [1.54, 1.807) is 4.90 Å². The fourth-order valence-corrected chi connectivity index (χ4v) is 3.16. The zero-order valence-electron chi connectivity index (χ0n) is 14.4. The van der Waals surface area contributed by atoms with Gasteiger partial charge in [0.15, 0.2) is 0 Å². The van der Waals surface area contributed by atoms with Crippen LogP contribution in [0.1, 0.15) is 13.8 Å². The predicted octanol–water partition coefficient (Wildman–Crippen LogP) is 3.29. The first-order valence-electron chi connectivity index (χ1n) is 8.38. The zero-order valence-corrected chi connectivity index (χ0v) is 14.4. The molecule has 0 aliphatic carbocycles. The molecule has 0 radical (unpaired) electrons. The van der Waals surface area contributed by atoms with Crippen molar-refractivity contribution in [2.24, 2.45) is 0 Å². The average Bonchev–Trinajstić information content (AvgIpc) is 2.61. The maximum atomic E-state index is 12.6. The number of hydrogen-bond acceptors (Lipinski definition) is 4. The summed E-state index contributed by atoms with van der Waals surface area (Å²) in [5.41, 5.74) is 0.955. The molecular formula is C20H21N3O2. The van der Waals surface area contributed by atoms with E-state index < -0.39 is 0 Å². The molecule has 5 nitrogen and oxygen atoms in total. The van der Waals surface area contributed by atoms with Gasteiger partial charge in [0, 0.05) is 30.4 Å². The molecule has 5 heteroatoms. The molecule has 128 valence electrons. The molecule has 0 bridgehead atoms. The van der Waals surface area contributed by atoms with Crippen LogP contribution in [-0.2, 0) is 9.53 Å². The van der Waals surface area contributed by atoms with Crippen molar-refractivity contribution in [3.05, 3.63) is 54.2 Å². The number of morpholine rings is 1. The molecule has 1 fully saturated rings. The summed E-state index contributed by atoms with van der Waals surface area (Å²) in [7, 11) is 0. The molecule has 1 saturated heterocycles. The van der Waals surface area contributed by atoms with Gasteiger partial charge in [0.2, 0.25) is 0 Å². The number of amides is 1. The Bertz CT molecular complexity index is 838. The Morgan fingerprint density at radius 1 is 1.20 bits per heavy atom. The molecular weight excluding hydrogens is 314 g/mol. The van der Waals surface area contributed by atoms with Crippen molar-refractivity contribution in [1.82, 2.24) is 4.90 Å². The third-order valence-electron chi connectivity index (χ3n) is 4.22. The second-order valence-corrected chi connectivity index (χ2v) is 6.31. The van der Waals surface area contributed by atoms with Crippen LogP contribution in [0.25, 0.3) is 10.8 Å². The van der Waals surface area contributed by atoms with E-state index >= 15 is 0 Å². The van der Waals surface area contributed by atoms with Gasteiger partial charge >= 0.3 is 0 Å². The molecule has 0 aromatic heterocycles. The quantitative estimate of drug-likeness (QED) is 0.690. The molecule has 1 aliphatic heterocycles. The summed E-state index contributed by atoms with van der Waals surface area (Å²) in [6, 6.07) is 15.9. The van der Waals surface area contributed by atoms with Crippen LogP contribution in [0.2, 0.25) is 0 Å². The number of carbonyl (C=O) groups is 1. The Balaban J connectivity index is 1.81. The van der Waals surface area contributed by atoms with Crippen LogP contribution >= 0.6 is 0 Å². The molecule has 2 atom stereocenters. The van der Waals surface area contributed by atoms with Crippen molar-refractivity contribution < 1.29 is 9.53 Å². The summed E-state index contributed by atoms with van der Waals surface area (Å²) in [6.45, 7) is 4.85. The summed E-state index contributed by atoms with van der Waals surface area (Å²) in [6.07, 6.45) is 1.44. The van der Waals surface area contributed by atoms with E-state index in [-0.39, 0.29) is 23.7 Å². The number of ether oxygens (including phenoxy) is 1. The molecule has 0 spiro atoms. The zero-order chi connectivity index (χ0) is 17.8. The van der Waals surface area contributed by atoms with Crippen molar-refractivity contribution in [3.8, 4) is 6.07 Å². The minimum Gasteiger partial charge on any atom is -0.372 e. The number of hydrogen-bond donors (Lipinski definition) is 1. The number of nitrogens with one attached hydrogen (secondary N) is 1. The van der Waals surface area contributed by atoms with E-state index in [2.05, 4.69) is 5.32 Å². The lowest BCUT2D eigenvalue weighted by Crippen LogP contribution is -2.48. The van der Waals surface area contributed by atoms with Gasteiger partial charge in [-0.05, 0) is 25.3 Å². The maximum absolute atomic E-state index is 12.6. The Labute approximate surface area is 147 Å². The van der Waals surface area contributed by atoms with Gasteiger partial charge in [0.05, 0.1) is 12.2 Å². The summed E-state index contributed by atoms with van der Waals surface area (Å²) in [4.78, 5) is 14.3. The fraction of sp³-hybridized carbons (Fsp3) is 0.300. The molecule has 1 N–H and O–H groups in total. The predicted molar refractivity (Wildman–Crippen MR) is 97.9 cm³/mol. The van der Waals surface area contributed by atoms with Crippen molar-refractivity contribution in [1.29, 1.82) is 5.26 Å². The van der Waals surface area contributed by atoms with Gasteiger partial charge in [-0.2, -0.15) is 5.26 Å². The molecule has 2 unspecified atom stereocenters. The van der Waals surface area contributed by atoms with E-state index in [0.717, 1.165) is 16.5 Å². The molecule has 0 saturated carbocycles. The molecule has 2 aromatic rings. The fourth-order valence-electron chi connectivity index (χ4n) is 3.16. The summed E-state index contributed by atoms with van der Waals surface area (Å²) < 4.78 is 5.65. The summed E-state index contributed by atoms with van der Waals surface area (Å²) >= 11 is 0. The number of rotatable bonds is 3. The number of nitrogens with zero attached hydrogens (tertiary/aromatic N) is 2. The van der Waals surface area contributed by atoms with Gasteiger partial charge in [0.25, 0.3) is 5.91 Å². The van der Waals surface area contributed by atoms with Gasteiger partial charge in [0.1, 0.15) is 11.6 Å². The first kappa shape index (κ1) is 17.0. The highest BCUT2D eigenvalue weighted by Gasteiger charge is 2.27. The largest absolute Gasteiger partial charge is 0.372 e. The standard InChI is InChI=1S/C20H21N3O2/c1-14-12-23(13-15(2)25-14)20(24)17(10-21)11-22-19-9-5-7-16-6-3-4-8-18(16)19/h3-9,11,14-15,22H,12-13H2,1-2H3/b17-11-. The lowest BCUT2D eigenvalue weighted by atomic mass is 10.1. The lowest BCUT2D eigenvalue weighted by Gasteiger charge is -2.35. The molecule has 3 rings (SSSR count). The smallest absolute Gasteiger partial charge is 0.266 e. The van der Waals surface area contributed by atoms with Gasteiger partial charge in [-0.25, -0.2) is 0 Å². The highest BCUT2D eigenvalue weighted by molar-refractivity contribution is 5.99. The van der Waals surface area contributed by atoms with E-state index in [0.29, 0.717) is 13.1 Å². The maximum Gasteiger partial charge on any atom is 0.266 e. The summed E-state index contributed by atoms with van der Waals surface area (Å²) in [5.74, 6) is -0.266. The monoisotopic (exact) mass is 335 g/mol. The molecule has 2 aromatic carbocycles. The Hall–Kier alpha value is -2.84. The number of nitriles is 1. The molecule has 1 aliphatic rings. The van der Waals surface area contributed by atoms with Crippen molar-refractivity contribution >= 4 is 22.4 Å². The summed E-state index contributed by atoms with van der Waals surface area (Å²) in [5, 5.41) is 14.7. The van der Waals surface area contributed by atoms with Crippen LogP contribution in [0, 0.1) is 11.3 Å². The van der Waals surface area contributed by atoms with Crippen LogP contribution in [0.15, 0.2) is 54.2 Å². The van der Waals surface area contributed by atoms with E-state index in [4.69, 9.17) is 4.74 Å². The van der Waals surface area contributed by atoms with Crippen molar-refractivity contribution in [2.45, 2.75) is 26.1 Å². The van der Waals surface area contributed by atoms with E-state index in [9.17, 15) is 10.1 Å². The second kappa shape index (κ2) is 7.37. The Kier molecular flexibility index (Phi) is 5.01. The number of benzene rings is 2. The highest BCUT2D eigenvalue weighted by atomic mass is 16.5. The third-order valence-corrected chi connectivity index (χ3v) is 4.22. The van der Waals surface area contributed by atoms with Crippen LogP contribution < -0.4 is 5.32 Å². The minimum absolute atomic E-state index is 0.0290. The van der Waals surface area contributed by atoms with E-state index in [1.165, 1.54) is 6.20 Å². The molecule has 25 heavy (non-hydrogen) atoms. The van der Waals surface area contributed by atoms with Gasteiger partial charge in [-0.15, -0.1) is 0 Å². The highest BCUT2D eigenvalue weighted by Crippen LogP contribution is 2.23. The minimum atomic E-state index is -0.266. The van der Waals surface area contributed by atoms with Crippen molar-refractivity contribution in [2.75, 3.05) is 18.4 Å². The molecule has 1 amide bonds. The topological polar surface area (TPSA) is 65.4 Å². The number of carbonyl (C=O) groups excluding carboxylic acids is 1. The van der Waals surface area contributed by atoms with Gasteiger partial charge in [-0.3, -0.25) is 4.79 Å². The number of fused-ring (bicyclic) bond motifs is 1. The van der Waals surface area contributed by atoms with Crippen LogP contribution in [0.5, 0.6) is 0 Å². The molecule has 1 heterocycles. The van der Waals surface area contributed by atoms with Gasteiger partial charge < -0.3 is 15.0 Å². The Morgan fingerprint density at radius 2 is 1.88 bits per heavy atom. The first-order chi connectivity index (χ1) is 12.1. The lowest BCUT2D eigenvalue weighted by molar-refractivity contribution is -0.138. The van der Waals surface area contributed by atoms with Crippen molar-refractivity contribution in [3.63, 3.8) is 0 Å².